The van der Waals surface area contributed by atoms with Gasteiger partial charge in [-0.15, -0.1) is 10.2 Å². The highest BCUT2D eigenvalue weighted by Gasteiger charge is 2.34. The van der Waals surface area contributed by atoms with E-state index in [1.54, 1.807) is 0 Å². The third-order valence-electron chi connectivity index (χ3n) is 4.34. The molecule has 0 spiro atoms. The number of rotatable bonds is 3. The molecular weight excluding hydrogens is 309 g/mol. The summed E-state index contributed by atoms with van der Waals surface area (Å²) in [5.41, 5.74) is -0.784. The van der Waals surface area contributed by atoms with E-state index in [0.29, 0.717) is 18.9 Å². The van der Waals surface area contributed by atoms with Crippen molar-refractivity contribution in [3.63, 3.8) is 0 Å². The van der Waals surface area contributed by atoms with Gasteiger partial charge in [0.05, 0.1) is 12.7 Å². The summed E-state index contributed by atoms with van der Waals surface area (Å²) in [5, 5.41) is 8.17. The minimum Gasteiger partial charge on any atom is -0.338 e. The summed E-state index contributed by atoms with van der Waals surface area (Å²) in [7, 11) is 1.91. The fraction of sp³-hybridized carbons (Fsp3) is 0.643. The Morgan fingerprint density at radius 1 is 1.35 bits per heavy atom. The van der Waals surface area contributed by atoms with Gasteiger partial charge in [-0.1, -0.05) is 0 Å². The Labute approximate surface area is 131 Å². The molecule has 0 saturated carbocycles. The van der Waals surface area contributed by atoms with Crippen molar-refractivity contribution in [2.75, 3.05) is 13.1 Å². The van der Waals surface area contributed by atoms with E-state index in [0.717, 1.165) is 37.2 Å². The Morgan fingerprint density at radius 2 is 2.13 bits per heavy atom. The predicted octanol–water partition coefficient (Wildman–Crippen LogP) is 2.25. The van der Waals surface area contributed by atoms with Gasteiger partial charge in [-0.3, -0.25) is 4.90 Å². The average molecular weight is 328 g/mol. The fourth-order valence-corrected chi connectivity index (χ4v) is 2.90. The Hall–Kier alpha value is -1.90. The van der Waals surface area contributed by atoms with Gasteiger partial charge in [-0.25, -0.2) is 4.98 Å². The number of hydrogen-bond acceptors (Lipinski definition) is 4. The standard InChI is InChI=1S/C14H19F3N6/c1-9-20-21-12(22(9)2)8-23-5-3-4-10(7-23)13-18-6-11(19-13)14(15,16)17/h6,10H,3-5,7-8H2,1-2H3,(H,18,19)/t10-/m1/s1. The molecule has 0 bridgehead atoms. The third-order valence-corrected chi connectivity index (χ3v) is 4.34. The second-order valence-electron chi connectivity index (χ2n) is 5.98. The molecule has 1 aliphatic rings. The SMILES string of the molecule is Cc1nnc(CN2CCC[C@@H](c3ncc(C(F)(F)F)[nH]3)C2)n1C. The number of imidazole rings is 1. The molecule has 2 aromatic heterocycles. The number of nitrogens with one attached hydrogen (secondary N) is 1. The van der Waals surface area contributed by atoms with Crippen LogP contribution in [0.3, 0.4) is 0 Å². The smallest absolute Gasteiger partial charge is 0.338 e. The first kappa shape index (κ1) is 16.0. The van der Waals surface area contributed by atoms with Gasteiger partial charge in [0.25, 0.3) is 0 Å². The molecule has 0 radical (unpaired) electrons. The van der Waals surface area contributed by atoms with Crippen molar-refractivity contribution in [1.29, 1.82) is 0 Å². The fourth-order valence-electron chi connectivity index (χ4n) is 2.90. The van der Waals surface area contributed by atoms with Crippen molar-refractivity contribution in [1.82, 2.24) is 29.6 Å². The van der Waals surface area contributed by atoms with Crippen LogP contribution in [0.1, 0.15) is 41.9 Å². The highest BCUT2D eigenvalue weighted by Crippen LogP contribution is 2.31. The summed E-state index contributed by atoms with van der Waals surface area (Å²) in [6.07, 6.45) is -1.75. The second kappa shape index (κ2) is 5.95. The molecular formula is C14H19F3N6. The van der Waals surface area contributed by atoms with Gasteiger partial charge >= 0.3 is 6.18 Å². The van der Waals surface area contributed by atoms with Crippen LogP contribution in [0.25, 0.3) is 0 Å². The number of nitrogens with zero attached hydrogens (tertiary/aromatic N) is 5. The van der Waals surface area contributed by atoms with E-state index in [1.807, 2.05) is 18.5 Å². The average Bonchev–Trinajstić information content (AvgIpc) is 3.10. The quantitative estimate of drug-likeness (QED) is 0.939. The first-order valence-corrected chi connectivity index (χ1v) is 7.54. The number of H-pyrrole nitrogens is 1. The molecule has 6 nitrogen and oxygen atoms in total. The summed E-state index contributed by atoms with van der Waals surface area (Å²) in [6, 6.07) is 0. The largest absolute Gasteiger partial charge is 0.432 e. The van der Waals surface area contributed by atoms with E-state index in [4.69, 9.17) is 0 Å². The first-order chi connectivity index (χ1) is 10.8. The maximum absolute atomic E-state index is 12.7. The third kappa shape index (κ3) is 3.39. The van der Waals surface area contributed by atoms with Gasteiger partial charge in [0, 0.05) is 19.5 Å². The number of halogens is 3. The summed E-state index contributed by atoms with van der Waals surface area (Å²) in [4.78, 5) is 8.55. The van der Waals surface area contributed by atoms with Crippen LogP contribution in [0.15, 0.2) is 6.20 Å². The van der Waals surface area contributed by atoms with Gasteiger partial charge in [-0.05, 0) is 26.3 Å². The lowest BCUT2D eigenvalue weighted by atomic mass is 9.97. The molecule has 9 heteroatoms. The lowest BCUT2D eigenvalue weighted by Crippen LogP contribution is -2.35. The molecule has 0 unspecified atom stereocenters. The second-order valence-corrected chi connectivity index (χ2v) is 5.98. The molecule has 126 valence electrons. The normalized spacial score (nSPS) is 20.1. The molecule has 0 amide bonds. The van der Waals surface area contributed by atoms with Crippen LogP contribution in [0.4, 0.5) is 13.2 Å². The Balaban J connectivity index is 1.68. The van der Waals surface area contributed by atoms with E-state index in [1.165, 1.54) is 0 Å². The molecule has 0 aliphatic carbocycles. The lowest BCUT2D eigenvalue weighted by Gasteiger charge is -2.31. The van der Waals surface area contributed by atoms with Crippen molar-refractivity contribution in [3.8, 4) is 0 Å². The zero-order valence-electron chi connectivity index (χ0n) is 13.1. The van der Waals surface area contributed by atoms with E-state index in [-0.39, 0.29) is 5.92 Å². The first-order valence-electron chi connectivity index (χ1n) is 7.54. The highest BCUT2D eigenvalue weighted by molar-refractivity contribution is 5.10. The summed E-state index contributed by atoms with van der Waals surface area (Å²) in [6.45, 7) is 4.09. The topological polar surface area (TPSA) is 62.6 Å². The summed E-state index contributed by atoms with van der Waals surface area (Å²) in [5.74, 6) is 2.10. The van der Waals surface area contributed by atoms with Crippen LogP contribution < -0.4 is 0 Å². The zero-order chi connectivity index (χ0) is 16.6. The molecule has 1 aliphatic heterocycles. The van der Waals surface area contributed by atoms with E-state index < -0.39 is 11.9 Å². The van der Waals surface area contributed by atoms with Crippen LogP contribution in [0.2, 0.25) is 0 Å². The van der Waals surface area contributed by atoms with E-state index in [9.17, 15) is 13.2 Å². The molecule has 1 atom stereocenters. The van der Waals surface area contributed by atoms with Crippen LogP contribution in [0, 0.1) is 6.92 Å². The monoisotopic (exact) mass is 328 g/mol. The van der Waals surface area contributed by atoms with Gasteiger partial charge in [0.1, 0.15) is 23.2 Å². The summed E-state index contributed by atoms with van der Waals surface area (Å²) < 4.78 is 40.0. The highest BCUT2D eigenvalue weighted by atomic mass is 19.4. The number of piperidine rings is 1. The van der Waals surface area contributed by atoms with Gasteiger partial charge in [0.2, 0.25) is 0 Å². The number of aromatic nitrogens is 5. The van der Waals surface area contributed by atoms with Crippen molar-refractivity contribution < 1.29 is 13.2 Å². The van der Waals surface area contributed by atoms with Crippen LogP contribution in [0.5, 0.6) is 0 Å². The van der Waals surface area contributed by atoms with Crippen LogP contribution in [-0.2, 0) is 19.8 Å². The molecule has 0 aromatic carbocycles. The van der Waals surface area contributed by atoms with Crippen molar-refractivity contribution in [2.24, 2.45) is 7.05 Å². The maximum atomic E-state index is 12.7. The van der Waals surface area contributed by atoms with Gasteiger partial charge in [0.15, 0.2) is 0 Å². The molecule has 1 saturated heterocycles. The number of hydrogen-bond donors (Lipinski definition) is 1. The Morgan fingerprint density at radius 3 is 2.74 bits per heavy atom. The number of aromatic amines is 1. The molecule has 23 heavy (non-hydrogen) atoms. The minimum atomic E-state index is -4.38. The van der Waals surface area contributed by atoms with E-state index >= 15 is 0 Å². The van der Waals surface area contributed by atoms with Crippen LogP contribution in [-0.4, -0.2) is 42.7 Å². The van der Waals surface area contributed by atoms with Crippen molar-refractivity contribution in [3.05, 3.63) is 29.4 Å². The molecule has 3 rings (SSSR count). The zero-order valence-corrected chi connectivity index (χ0v) is 13.1. The van der Waals surface area contributed by atoms with Gasteiger partial charge in [-0.2, -0.15) is 13.2 Å². The van der Waals surface area contributed by atoms with Crippen molar-refractivity contribution >= 4 is 0 Å². The van der Waals surface area contributed by atoms with E-state index in [2.05, 4.69) is 25.1 Å². The number of alkyl halides is 3. The summed E-state index contributed by atoms with van der Waals surface area (Å²) >= 11 is 0. The van der Waals surface area contributed by atoms with Gasteiger partial charge < -0.3 is 9.55 Å². The lowest BCUT2D eigenvalue weighted by molar-refractivity contribution is -0.141. The number of likely N-dealkylation sites (tertiary alicyclic amines) is 1. The molecule has 1 N–H and O–H groups in total. The predicted molar refractivity (Wildman–Crippen MR) is 76.6 cm³/mol. The number of aryl methyl sites for hydroxylation is 1. The van der Waals surface area contributed by atoms with Crippen molar-refractivity contribution in [2.45, 2.75) is 38.4 Å². The Kier molecular flexibility index (Phi) is 4.13. The molecule has 1 fully saturated rings. The Bertz CT molecular complexity index is 674. The minimum absolute atomic E-state index is 0.0193. The molecule has 2 aromatic rings. The maximum Gasteiger partial charge on any atom is 0.432 e. The van der Waals surface area contributed by atoms with Crippen LogP contribution >= 0.6 is 0 Å². The molecule has 3 heterocycles.